The molecule has 0 spiro atoms. The number of hydrogen-bond acceptors (Lipinski definition) is 3. The quantitative estimate of drug-likeness (QED) is 0.899. The highest BCUT2D eigenvalue weighted by Gasteiger charge is 2.24. The van der Waals surface area contributed by atoms with Crippen LogP contribution in [-0.4, -0.2) is 18.8 Å². The topological polar surface area (TPSA) is 38.7 Å². The van der Waals surface area contributed by atoms with Crippen LogP contribution >= 0.6 is 15.9 Å². The van der Waals surface area contributed by atoms with E-state index in [1.54, 1.807) is 14.0 Å². The Morgan fingerprint density at radius 3 is 2.93 bits per heavy atom. The molecule has 1 atom stereocenters. The minimum atomic E-state index is -0.515. The normalized spacial score (nSPS) is 15.7. The molecule has 1 N–H and O–H groups in total. The highest BCUT2D eigenvalue weighted by atomic mass is 79.9. The summed E-state index contributed by atoms with van der Waals surface area (Å²) in [6.07, 6.45) is 0.339. The van der Waals surface area contributed by atoms with Gasteiger partial charge in [0.15, 0.2) is 11.5 Å². The Morgan fingerprint density at radius 1 is 1.60 bits per heavy atom. The maximum atomic E-state index is 9.63. The molecule has 0 amide bonds. The largest absolute Gasteiger partial charge is 0.493 e. The second-order valence-electron chi connectivity index (χ2n) is 3.56. The Bertz CT molecular complexity index is 388. The number of benzene rings is 1. The maximum absolute atomic E-state index is 9.63. The number of halogens is 1. The van der Waals surface area contributed by atoms with Crippen molar-refractivity contribution in [1.29, 1.82) is 0 Å². The van der Waals surface area contributed by atoms with Gasteiger partial charge in [-0.1, -0.05) is 0 Å². The first-order valence-electron chi connectivity index (χ1n) is 4.85. The third kappa shape index (κ3) is 1.72. The summed E-state index contributed by atoms with van der Waals surface area (Å²) >= 11 is 3.50. The van der Waals surface area contributed by atoms with Crippen molar-refractivity contribution in [3.8, 4) is 11.5 Å². The molecule has 1 unspecified atom stereocenters. The summed E-state index contributed by atoms with van der Waals surface area (Å²) in [6.45, 7) is 2.41. The molecule has 15 heavy (non-hydrogen) atoms. The SMILES string of the molecule is COc1cc(C(C)O)c(Br)c2c1OCC2. The third-order valence-corrected chi connectivity index (χ3v) is 3.51. The zero-order valence-corrected chi connectivity index (χ0v) is 10.3. The van der Waals surface area contributed by atoms with E-state index in [0.717, 1.165) is 27.8 Å². The van der Waals surface area contributed by atoms with Crippen molar-refractivity contribution in [2.45, 2.75) is 19.4 Å². The van der Waals surface area contributed by atoms with E-state index >= 15 is 0 Å². The summed E-state index contributed by atoms with van der Waals surface area (Å²) in [5, 5.41) is 9.63. The van der Waals surface area contributed by atoms with Crippen LogP contribution in [0, 0.1) is 0 Å². The molecule has 82 valence electrons. The number of rotatable bonds is 2. The molecule has 0 bridgehead atoms. The van der Waals surface area contributed by atoms with Gasteiger partial charge in [-0.25, -0.2) is 0 Å². The zero-order valence-electron chi connectivity index (χ0n) is 8.71. The number of aliphatic hydroxyl groups is 1. The number of ether oxygens (including phenoxy) is 2. The van der Waals surface area contributed by atoms with Crippen molar-refractivity contribution in [2.75, 3.05) is 13.7 Å². The summed E-state index contributed by atoms with van der Waals surface area (Å²) < 4.78 is 11.7. The molecule has 1 heterocycles. The lowest BCUT2D eigenvalue weighted by molar-refractivity contribution is 0.198. The lowest BCUT2D eigenvalue weighted by Gasteiger charge is -2.14. The Balaban J connectivity index is 2.61. The number of aliphatic hydroxyl groups excluding tert-OH is 1. The van der Waals surface area contributed by atoms with Gasteiger partial charge in [-0.05, 0) is 34.5 Å². The monoisotopic (exact) mass is 272 g/mol. The van der Waals surface area contributed by atoms with Gasteiger partial charge in [0.25, 0.3) is 0 Å². The number of fused-ring (bicyclic) bond motifs is 1. The van der Waals surface area contributed by atoms with Crippen LogP contribution in [-0.2, 0) is 6.42 Å². The lowest BCUT2D eigenvalue weighted by atomic mass is 10.0. The Kier molecular flexibility index (Phi) is 2.89. The molecule has 2 rings (SSSR count). The van der Waals surface area contributed by atoms with Gasteiger partial charge in [0.05, 0.1) is 19.8 Å². The van der Waals surface area contributed by atoms with E-state index < -0.39 is 6.10 Å². The molecule has 0 saturated carbocycles. The first-order valence-corrected chi connectivity index (χ1v) is 5.64. The summed E-state index contributed by atoms with van der Waals surface area (Å²) in [5.74, 6) is 1.50. The van der Waals surface area contributed by atoms with E-state index in [1.165, 1.54) is 0 Å². The second kappa shape index (κ2) is 4.02. The van der Waals surface area contributed by atoms with Crippen molar-refractivity contribution in [2.24, 2.45) is 0 Å². The minimum absolute atomic E-state index is 0.515. The van der Waals surface area contributed by atoms with Gasteiger partial charge in [-0.2, -0.15) is 0 Å². The molecule has 0 fully saturated rings. The van der Waals surface area contributed by atoms with E-state index in [-0.39, 0.29) is 0 Å². The van der Waals surface area contributed by atoms with E-state index in [0.29, 0.717) is 12.4 Å². The molecule has 3 nitrogen and oxygen atoms in total. The number of methoxy groups -OCH3 is 1. The average molecular weight is 273 g/mol. The highest BCUT2D eigenvalue weighted by Crippen LogP contribution is 2.43. The van der Waals surface area contributed by atoms with Gasteiger partial charge in [0.1, 0.15) is 0 Å². The number of hydrogen-bond donors (Lipinski definition) is 1. The second-order valence-corrected chi connectivity index (χ2v) is 4.36. The fourth-order valence-electron chi connectivity index (χ4n) is 1.79. The molecule has 1 aliphatic heterocycles. The van der Waals surface area contributed by atoms with Crippen LogP contribution < -0.4 is 9.47 Å². The summed E-state index contributed by atoms with van der Waals surface area (Å²) in [4.78, 5) is 0. The fourth-order valence-corrected chi connectivity index (χ4v) is 2.61. The van der Waals surface area contributed by atoms with Gasteiger partial charge in [0, 0.05) is 16.5 Å². The van der Waals surface area contributed by atoms with Crippen LogP contribution in [0.1, 0.15) is 24.2 Å². The first kappa shape index (κ1) is 10.8. The average Bonchev–Trinajstić information content (AvgIpc) is 2.67. The van der Waals surface area contributed by atoms with Gasteiger partial charge < -0.3 is 14.6 Å². The van der Waals surface area contributed by atoms with E-state index in [1.807, 2.05) is 6.07 Å². The molecule has 0 radical (unpaired) electrons. The smallest absolute Gasteiger partial charge is 0.165 e. The Labute approximate surface area is 97.1 Å². The fraction of sp³-hybridized carbons (Fsp3) is 0.455. The standard InChI is InChI=1S/C11H13BrO3/c1-6(13)8-5-9(14-2)11-7(10(8)12)3-4-15-11/h5-6,13H,3-4H2,1-2H3. The van der Waals surface area contributed by atoms with Gasteiger partial charge >= 0.3 is 0 Å². The van der Waals surface area contributed by atoms with Crippen molar-refractivity contribution in [3.05, 3.63) is 21.7 Å². The summed E-state index contributed by atoms with van der Waals surface area (Å²) in [5.41, 5.74) is 1.93. The third-order valence-electron chi connectivity index (χ3n) is 2.57. The Morgan fingerprint density at radius 2 is 2.33 bits per heavy atom. The Hall–Kier alpha value is -0.740. The van der Waals surface area contributed by atoms with Crippen molar-refractivity contribution < 1.29 is 14.6 Å². The van der Waals surface area contributed by atoms with Gasteiger partial charge in [-0.15, -0.1) is 0 Å². The molecule has 1 aromatic carbocycles. The molecule has 1 aliphatic rings. The van der Waals surface area contributed by atoms with E-state index in [4.69, 9.17) is 9.47 Å². The van der Waals surface area contributed by atoms with E-state index in [2.05, 4.69) is 15.9 Å². The molecular weight excluding hydrogens is 260 g/mol. The van der Waals surface area contributed by atoms with Crippen LogP contribution in [0.3, 0.4) is 0 Å². The molecule has 4 heteroatoms. The van der Waals surface area contributed by atoms with Crippen LogP contribution in [0.5, 0.6) is 11.5 Å². The minimum Gasteiger partial charge on any atom is -0.493 e. The van der Waals surface area contributed by atoms with Crippen LogP contribution in [0.25, 0.3) is 0 Å². The van der Waals surface area contributed by atoms with Crippen LogP contribution in [0.15, 0.2) is 10.5 Å². The zero-order chi connectivity index (χ0) is 11.0. The predicted octanol–water partition coefficient (Wildman–Crippen LogP) is 2.45. The predicted molar refractivity (Wildman–Crippen MR) is 60.5 cm³/mol. The van der Waals surface area contributed by atoms with Crippen LogP contribution in [0.4, 0.5) is 0 Å². The lowest BCUT2D eigenvalue weighted by Crippen LogP contribution is -1.97. The van der Waals surface area contributed by atoms with Crippen molar-refractivity contribution in [3.63, 3.8) is 0 Å². The maximum Gasteiger partial charge on any atom is 0.165 e. The first-order chi connectivity index (χ1) is 7.15. The summed E-state index contributed by atoms with van der Waals surface area (Å²) in [7, 11) is 1.61. The molecular formula is C11H13BrO3. The molecule has 1 aromatic rings. The van der Waals surface area contributed by atoms with Crippen molar-refractivity contribution >= 4 is 15.9 Å². The van der Waals surface area contributed by atoms with Crippen LogP contribution in [0.2, 0.25) is 0 Å². The van der Waals surface area contributed by atoms with Gasteiger partial charge in [-0.3, -0.25) is 0 Å². The molecule has 0 aliphatic carbocycles. The molecule has 0 saturated heterocycles. The highest BCUT2D eigenvalue weighted by molar-refractivity contribution is 9.10. The van der Waals surface area contributed by atoms with Crippen molar-refractivity contribution in [1.82, 2.24) is 0 Å². The molecule has 0 aromatic heterocycles. The van der Waals surface area contributed by atoms with E-state index in [9.17, 15) is 5.11 Å². The van der Waals surface area contributed by atoms with Gasteiger partial charge in [0.2, 0.25) is 0 Å². The summed E-state index contributed by atoms with van der Waals surface area (Å²) in [6, 6.07) is 1.82.